The topological polar surface area (TPSA) is 84.6 Å². The van der Waals surface area contributed by atoms with Gasteiger partial charge in [-0.25, -0.2) is 4.79 Å². The molecule has 0 aliphatic heterocycles. The molecule has 6 nitrogen and oxygen atoms in total. The van der Waals surface area contributed by atoms with E-state index in [1.807, 2.05) is 18.2 Å². The van der Waals surface area contributed by atoms with Gasteiger partial charge in [0, 0.05) is 5.56 Å². The van der Waals surface area contributed by atoms with E-state index in [0.717, 1.165) is 5.56 Å². The molecule has 124 valence electrons. The molecule has 0 spiro atoms. The summed E-state index contributed by atoms with van der Waals surface area (Å²) < 4.78 is 10.4. The molecule has 1 heterocycles. The zero-order valence-electron chi connectivity index (χ0n) is 13.7. The molecular weight excluding hydrogens is 308 g/mol. The average Bonchev–Trinajstić information content (AvgIpc) is 2.88. The Morgan fingerprint density at radius 2 is 1.96 bits per heavy atom. The Hall–Kier alpha value is -3.02. The molecule has 24 heavy (non-hydrogen) atoms. The van der Waals surface area contributed by atoms with E-state index in [0.29, 0.717) is 16.5 Å². The number of hydrogen-bond donors (Lipinski definition) is 2. The van der Waals surface area contributed by atoms with E-state index in [9.17, 15) is 9.90 Å². The number of anilines is 1. The summed E-state index contributed by atoms with van der Waals surface area (Å²) in [5.74, 6) is 0.450. The molecule has 0 fully saturated rings. The fourth-order valence-electron chi connectivity index (χ4n) is 2.31. The van der Waals surface area contributed by atoms with E-state index >= 15 is 0 Å². The monoisotopic (exact) mass is 326 g/mol. The van der Waals surface area contributed by atoms with Crippen molar-refractivity contribution < 1.29 is 19.2 Å². The van der Waals surface area contributed by atoms with Gasteiger partial charge >= 0.3 is 6.09 Å². The van der Waals surface area contributed by atoms with Crippen molar-refractivity contribution in [2.45, 2.75) is 26.4 Å². The van der Waals surface area contributed by atoms with E-state index in [1.54, 1.807) is 45.0 Å². The average molecular weight is 326 g/mol. The van der Waals surface area contributed by atoms with Crippen LogP contribution in [0.5, 0.6) is 5.75 Å². The summed E-state index contributed by atoms with van der Waals surface area (Å²) in [4.78, 5) is 11.9. The van der Waals surface area contributed by atoms with Crippen molar-refractivity contribution in [1.82, 2.24) is 5.16 Å². The molecule has 1 aromatic heterocycles. The summed E-state index contributed by atoms with van der Waals surface area (Å²) in [6.07, 6.45) is -0.606. The van der Waals surface area contributed by atoms with Gasteiger partial charge in [-0.2, -0.15) is 0 Å². The van der Waals surface area contributed by atoms with Crippen molar-refractivity contribution in [3.63, 3.8) is 0 Å². The van der Waals surface area contributed by atoms with Gasteiger partial charge < -0.3 is 14.4 Å². The van der Waals surface area contributed by atoms with Crippen LogP contribution in [0.1, 0.15) is 20.8 Å². The van der Waals surface area contributed by atoms with Gasteiger partial charge in [-0.3, -0.25) is 5.32 Å². The van der Waals surface area contributed by atoms with Crippen LogP contribution in [0.4, 0.5) is 10.6 Å². The molecule has 0 bridgehead atoms. The van der Waals surface area contributed by atoms with Crippen LogP contribution in [0.3, 0.4) is 0 Å². The molecule has 6 heteroatoms. The fraction of sp³-hybridized carbons (Fsp3) is 0.222. The van der Waals surface area contributed by atoms with Gasteiger partial charge in [-0.1, -0.05) is 29.4 Å². The van der Waals surface area contributed by atoms with Gasteiger partial charge in [0.25, 0.3) is 0 Å². The minimum atomic E-state index is -0.607. The molecule has 3 rings (SSSR count). The van der Waals surface area contributed by atoms with Gasteiger partial charge in [-0.15, -0.1) is 0 Å². The Kier molecular flexibility index (Phi) is 3.89. The smallest absolute Gasteiger partial charge is 0.413 e. The quantitative estimate of drug-likeness (QED) is 0.722. The number of carbonyl (C=O) groups is 1. The third-order valence-corrected chi connectivity index (χ3v) is 3.30. The summed E-state index contributed by atoms with van der Waals surface area (Å²) in [6.45, 7) is 5.34. The predicted molar refractivity (Wildman–Crippen MR) is 91.0 cm³/mol. The number of carbonyl (C=O) groups excluding carboxylic acids is 1. The van der Waals surface area contributed by atoms with Crippen molar-refractivity contribution >= 4 is 22.9 Å². The van der Waals surface area contributed by atoms with E-state index in [2.05, 4.69) is 10.5 Å². The molecule has 0 aliphatic rings. The zero-order chi connectivity index (χ0) is 17.3. The lowest BCUT2D eigenvalue weighted by Gasteiger charge is -2.19. The van der Waals surface area contributed by atoms with Crippen LogP contribution in [-0.4, -0.2) is 22.0 Å². The summed E-state index contributed by atoms with van der Waals surface area (Å²) in [7, 11) is 0. The lowest BCUT2D eigenvalue weighted by atomic mass is 10.0. The second kappa shape index (κ2) is 5.88. The molecule has 3 aromatic rings. The van der Waals surface area contributed by atoms with Crippen LogP contribution in [0, 0.1) is 0 Å². The first kappa shape index (κ1) is 15.9. The van der Waals surface area contributed by atoms with Crippen molar-refractivity contribution in [3.8, 4) is 16.9 Å². The lowest BCUT2D eigenvalue weighted by Crippen LogP contribution is -2.27. The minimum Gasteiger partial charge on any atom is -0.507 e. The van der Waals surface area contributed by atoms with Gasteiger partial charge in [0.2, 0.25) is 0 Å². The van der Waals surface area contributed by atoms with Gasteiger partial charge in [0.05, 0.1) is 5.39 Å². The van der Waals surface area contributed by atoms with Crippen LogP contribution in [0.15, 0.2) is 47.0 Å². The second-order valence-electron chi connectivity index (χ2n) is 6.39. The van der Waals surface area contributed by atoms with Gasteiger partial charge in [-0.05, 0) is 44.5 Å². The first-order valence-corrected chi connectivity index (χ1v) is 7.51. The third-order valence-electron chi connectivity index (χ3n) is 3.30. The van der Waals surface area contributed by atoms with Gasteiger partial charge in [0.1, 0.15) is 11.4 Å². The Morgan fingerprint density at radius 1 is 1.21 bits per heavy atom. The summed E-state index contributed by atoms with van der Waals surface area (Å²) >= 11 is 0. The number of phenols is 1. The highest BCUT2D eigenvalue weighted by molar-refractivity contribution is 5.98. The predicted octanol–water partition coefficient (Wildman–Crippen LogP) is 4.55. The molecule has 0 unspecified atom stereocenters. The maximum atomic E-state index is 11.9. The molecule has 0 atom stereocenters. The number of para-hydroxylation sites is 1. The Balaban J connectivity index is 1.95. The van der Waals surface area contributed by atoms with Crippen LogP contribution in [0.25, 0.3) is 22.1 Å². The molecule has 0 radical (unpaired) electrons. The highest BCUT2D eigenvalue weighted by Crippen LogP contribution is 2.33. The number of rotatable bonds is 2. The first-order valence-electron chi connectivity index (χ1n) is 7.51. The molecule has 2 aromatic carbocycles. The Morgan fingerprint density at radius 3 is 2.67 bits per heavy atom. The number of fused-ring (bicyclic) bond motifs is 1. The van der Waals surface area contributed by atoms with E-state index < -0.39 is 11.7 Å². The lowest BCUT2D eigenvalue weighted by molar-refractivity contribution is 0.0635. The highest BCUT2D eigenvalue weighted by Gasteiger charge is 2.19. The molecule has 0 saturated carbocycles. The molecule has 2 N–H and O–H groups in total. The minimum absolute atomic E-state index is 0.176. The number of nitrogens with one attached hydrogen (secondary N) is 1. The molecular formula is C18H18N2O4. The molecule has 1 amide bonds. The highest BCUT2D eigenvalue weighted by atomic mass is 16.6. The van der Waals surface area contributed by atoms with E-state index in [-0.39, 0.29) is 11.6 Å². The van der Waals surface area contributed by atoms with Crippen LogP contribution >= 0.6 is 0 Å². The van der Waals surface area contributed by atoms with Gasteiger partial charge in [0.15, 0.2) is 11.4 Å². The van der Waals surface area contributed by atoms with Crippen LogP contribution in [-0.2, 0) is 4.74 Å². The Bertz CT molecular complexity index is 893. The summed E-state index contributed by atoms with van der Waals surface area (Å²) in [5.41, 5.74) is 1.39. The van der Waals surface area contributed by atoms with Crippen molar-refractivity contribution in [2.24, 2.45) is 0 Å². The van der Waals surface area contributed by atoms with Crippen LogP contribution < -0.4 is 5.32 Å². The maximum absolute atomic E-state index is 11.9. The maximum Gasteiger partial charge on any atom is 0.413 e. The number of nitrogens with zero attached hydrogens (tertiary/aromatic N) is 1. The van der Waals surface area contributed by atoms with E-state index in [4.69, 9.17) is 9.26 Å². The number of benzene rings is 2. The zero-order valence-corrected chi connectivity index (χ0v) is 13.7. The number of phenolic OH excluding ortho intramolecular Hbond substituents is 1. The van der Waals surface area contributed by atoms with Crippen LogP contribution in [0.2, 0.25) is 0 Å². The summed E-state index contributed by atoms with van der Waals surface area (Å²) in [6, 6.07) is 12.4. The SMILES string of the molecule is CC(C)(C)OC(=O)Nc1noc2ccc(-c3ccccc3O)cc12. The number of ether oxygens (including phenoxy) is 1. The second-order valence-corrected chi connectivity index (χ2v) is 6.39. The first-order chi connectivity index (χ1) is 11.3. The van der Waals surface area contributed by atoms with Crippen molar-refractivity contribution in [2.75, 3.05) is 5.32 Å². The van der Waals surface area contributed by atoms with Crippen molar-refractivity contribution in [3.05, 3.63) is 42.5 Å². The normalized spacial score (nSPS) is 11.5. The third kappa shape index (κ3) is 3.32. The molecule has 0 saturated heterocycles. The fourth-order valence-corrected chi connectivity index (χ4v) is 2.31. The summed E-state index contributed by atoms with van der Waals surface area (Å²) in [5, 5.41) is 17.1. The standard InChI is InChI=1S/C18H18N2O4/c1-18(2,3)23-17(22)19-16-13-10-11(8-9-15(13)24-20-16)12-6-4-5-7-14(12)21/h4-10,21H,1-3H3,(H,19,20,22). The molecule has 0 aliphatic carbocycles. The number of hydrogen-bond acceptors (Lipinski definition) is 5. The van der Waals surface area contributed by atoms with Crippen molar-refractivity contribution in [1.29, 1.82) is 0 Å². The number of aromatic nitrogens is 1. The van der Waals surface area contributed by atoms with E-state index in [1.165, 1.54) is 0 Å². The number of amides is 1. The Labute approximate surface area is 139 Å². The largest absolute Gasteiger partial charge is 0.507 e. The number of aromatic hydroxyl groups is 1.